The van der Waals surface area contributed by atoms with Crippen molar-refractivity contribution in [1.82, 2.24) is 9.80 Å². The van der Waals surface area contributed by atoms with Crippen LogP contribution in [0.1, 0.15) is 44.9 Å². The van der Waals surface area contributed by atoms with Gasteiger partial charge in [0.25, 0.3) is 0 Å². The topological polar surface area (TPSA) is 77.9 Å². The van der Waals surface area contributed by atoms with Gasteiger partial charge in [0.15, 0.2) is 0 Å². The van der Waals surface area contributed by atoms with E-state index in [0.29, 0.717) is 25.9 Å². The summed E-state index contributed by atoms with van der Waals surface area (Å²) < 4.78 is 0. The number of piperidine rings is 1. The van der Waals surface area contributed by atoms with E-state index in [4.69, 9.17) is 0 Å². The second-order valence-electron chi connectivity index (χ2n) is 5.56. The molecule has 0 aliphatic carbocycles. The lowest BCUT2D eigenvalue weighted by Crippen LogP contribution is -2.51. The van der Waals surface area contributed by atoms with Gasteiger partial charge in [0.05, 0.1) is 6.54 Å². The Hall–Kier alpha value is -1.59. The number of likely N-dealkylation sites (tertiary alicyclic amines) is 2. The summed E-state index contributed by atoms with van der Waals surface area (Å²) in [6.45, 7) is 1.12. The van der Waals surface area contributed by atoms with E-state index < -0.39 is 12.0 Å². The van der Waals surface area contributed by atoms with Crippen LogP contribution < -0.4 is 0 Å². The molecule has 2 saturated heterocycles. The lowest BCUT2D eigenvalue weighted by atomic mass is 10.0. The second-order valence-corrected chi connectivity index (χ2v) is 5.56. The van der Waals surface area contributed by atoms with Crippen molar-refractivity contribution in [3.63, 3.8) is 0 Å². The summed E-state index contributed by atoms with van der Waals surface area (Å²) in [5, 5.41) is 9.19. The Morgan fingerprint density at radius 1 is 1.10 bits per heavy atom. The zero-order valence-electron chi connectivity index (χ0n) is 11.7. The minimum absolute atomic E-state index is 0.0136. The van der Waals surface area contributed by atoms with Crippen LogP contribution in [-0.4, -0.2) is 58.4 Å². The summed E-state index contributed by atoms with van der Waals surface area (Å²) in [6, 6.07) is -0.724. The lowest BCUT2D eigenvalue weighted by Gasteiger charge is -2.34. The van der Waals surface area contributed by atoms with Crippen molar-refractivity contribution in [3.05, 3.63) is 0 Å². The van der Waals surface area contributed by atoms with Crippen molar-refractivity contribution in [1.29, 1.82) is 0 Å². The smallest absolute Gasteiger partial charge is 0.326 e. The van der Waals surface area contributed by atoms with E-state index in [1.165, 1.54) is 4.90 Å². The SMILES string of the molecule is O=C(O)C1CCCCN1C(=O)CN1CCCCCC1=O. The minimum Gasteiger partial charge on any atom is -0.480 e. The molecule has 2 rings (SSSR count). The molecule has 112 valence electrons. The van der Waals surface area contributed by atoms with Crippen LogP contribution in [0.4, 0.5) is 0 Å². The first-order chi connectivity index (χ1) is 9.59. The Balaban J connectivity index is 1.98. The molecule has 6 heteroatoms. The van der Waals surface area contributed by atoms with Crippen molar-refractivity contribution >= 4 is 17.8 Å². The molecule has 20 heavy (non-hydrogen) atoms. The third kappa shape index (κ3) is 3.49. The molecule has 0 saturated carbocycles. The zero-order valence-corrected chi connectivity index (χ0v) is 11.7. The number of hydrogen-bond acceptors (Lipinski definition) is 3. The normalized spacial score (nSPS) is 24.4. The number of carboxylic acids is 1. The fourth-order valence-electron chi connectivity index (χ4n) is 2.95. The highest BCUT2D eigenvalue weighted by Gasteiger charge is 2.33. The Bertz CT molecular complexity index is 397. The Kier molecular flexibility index (Phi) is 4.98. The van der Waals surface area contributed by atoms with Gasteiger partial charge >= 0.3 is 5.97 Å². The van der Waals surface area contributed by atoms with Crippen LogP contribution in [0.3, 0.4) is 0 Å². The molecule has 2 aliphatic rings. The minimum atomic E-state index is -0.944. The fourth-order valence-corrected chi connectivity index (χ4v) is 2.95. The molecule has 2 heterocycles. The molecule has 6 nitrogen and oxygen atoms in total. The molecule has 1 N–H and O–H groups in total. The molecule has 2 aliphatic heterocycles. The zero-order chi connectivity index (χ0) is 14.5. The summed E-state index contributed by atoms with van der Waals surface area (Å²) in [5.41, 5.74) is 0. The van der Waals surface area contributed by atoms with E-state index in [2.05, 4.69) is 0 Å². The molecule has 0 bridgehead atoms. The van der Waals surface area contributed by atoms with Crippen LogP contribution in [0.15, 0.2) is 0 Å². The Labute approximate surface area is 118 Å². The van der Waals surface area contributed by atoms with Crippen LogP contribution in [0, 0.1) is 0 Å². The van der Waals surface area contributed by atoms with Gasteiger partial charge < -0.3 is 14.9 Å². The van der Waals surface area contributed by atoms with Crippen molar-refractivity contribution in [2.24, 2.45) is 0 Å². The Morgan fingerprint density at radius 3 is 2.60 bits per heavy atom. The molecule has 0 aromatic carbocycles. The van der Waals surface area contributed by atoms with Crippen molar-refractivity contribution < 1.29 is 19.5 Å². The van der Waals surface area contributed by atoms with E-state index in [-0.39, 0.29) is 18.4 Å². The number of carbonyl (C=O) groups is 3. The quantitative estimate of drug-likeness (QED) is 0.832. The standard InChI is InChI=1S/C14H22N2O4/c17-12-7-2-1-4-8-15(12)10-13(18)16-9-5-3-6-11(16)14(19)20/h11H,1-10H2,(H,19,20). The number of hydrogen-bond donors (Lipinski definition) is 1. The largest absolute Gasteiger partial charge is 0.480 e. The van der Waals surface area contributed by atoms with Gasteiger partial charge in [-0.2, -0.15) is 0 Å². The lowest BCUT2D eigenvalue weighted by molar-refractivity contribution is -0.153. The highest BCUT2D eigenvalue weighted by molar-refractivity contribution is 5.88. The molecule has 0 spiro atoms. The van der Waals surface area contributed by atoms with Gasteiger partial charge in [0.1, 0.15) is 6.04 Å². The van der Waals surface area contributed by atoms with Gasteiger partial charge in [-0.3, -0.25) is 9.59 Å². The first kappa shape index (κ1) is 14.8. The third-order valence-electron chi connectivity index (χ3n) is 4.11. The van der Waals surface area contributed by atoms with Crippen molar-refractivity contribution in [2.75, 3.05) is 19.6 Å². The molecular formula is C14H22N2O4. The fraction of sp³-hybridized carbons (Fsp3) is 0.786. The number of rotatable bonds is 3. The molecule has 0 aromatic heterocycles. The molecule has 2 amide bonds. The average molecular weight is 282 g/mol. The molecule has 1 unspecified atom stereocenters. The number of aliphatic carboxylic acids is 1. The average Bonchev–Trinajstić information content (AvgIpc) is 2.64. The van der Waals surface area contributed by atoms with Gasteiger partial charge in [0.2, 0.25) is 11.8 Å². The van der Waals surface area contributed by atoms with Crippen LogP contribution in [-0.2, 0) is 14.4 Å². The first-order valence-corrected chi connectivity index (χ1v) is 7.39. The first-order valence-electron chi connectivity index (χ1n) is 7.39. The third-order valence-corrected chi connectivity index (χ3v) is 4.11. The van der Waals surface area contributed by atoms with Gasteiger partial charge in [-0.05, 0) is 32.1 Å². The van der Waals surface area contributed by atoms with Gasteiger partial charge in [-0.15, -0.1) is 0 Å². The van der Waals surface area contributed by atoms with Gasteiger partial charge in [-0.25, -0.2) is 4.79 Å². The predicted octanol–water partition coefficient (Wildman–Crippen LogP) is 0.855. The molecule has 1 atom stereocenters. The van der Waals surface area contributed by atoms with E-state index in [1.54, 1.807) is 4.90 Å². The van der Waals surface area contributed by atoms with E-state index in [0.717, 1.165) is 32.1 Å². The van der Waals surface area contributed by atoms with Crippen LogP contribution in [0.2, 0.25) is 0 Å². The number of nitrogens with zero attached hydrogens (tertiary/aromatic N) is 2. The number of amides is 2. The number of carboxylic acid groups (broad SMARTS) is 1. The summed E-state index contributed by atoms with van der Waals surface area (Å²) in [5.74, 6) is -1.16. The summed E-state index contributed by atoms with van der Waals surface area (Å²) in [7, 11) is 0. The predicted molar refractivity (Wildman–Crippen MR) is 72.0 cm³/mol. The maximum Gasteiger partial charge on any atom is 0.326 e. The Morgan fingerprint density at radius 2 is 1.85 bits per heavy atom. The second kappa shape index (κ2) is 6.72. The highest BCUT2D eigenvalue weighted by Crippen LogP contribution is 2.18. The van der Waals surface area contributed by atoms with E-state index in [9.17, 15) is 19.5 Å². The molecule has 2 fully saturated rings. The van der Waals surface area contributed by atoms with Gasteiger partial charge in [0, 0.05) is 19.5 Å². The van der Waals surface area contributed by atoms with Crippen molar-refractivity contribution in [3.8, 4) is 0 Å². The molecule has 0 radical (unpaired) electrons. The number of carbonyl (C=O) groups excluding carboxylic acids is 2. The van der Waals surface area contributed by atoms with Crippen molar-refractivity contribution in [2.45, 2.75) is 51.0 Å². The van der Waals surface area contributed by atoms with Gasteiger partial charge in [-0.1, -0.05) is 6.42 Å². The maximum atomic E-state index is 12.3. The highest BCUT2D eigenvalue weighted by atomic mass is 16.4. The van der Waals surface area contributed by atoms with E-state index in [1.807, 2.05) is 0 Å². The molecular weight excluding hydrogens is 260 g/mol. The maximum absolute atomic E-state index is 12.3. The monoisotopic (exact) mass is 282 g/mol. The molecule has 0 aromatic rings. The van der Waals surface area contributed by atoms with Crippen LogP contribution >= 0.6 is 0 Å². The van der Waals surface area contributed by atoms with Crippen LogP contribution in [0.25, 0.3) is 0 Å². The summed E-state index contributed by atoms with van der Waals surface area (Å²) in [6.07, 6.45) is 5.49. The summed E-state index contributed by atoms with van der Waals surface area (Å²) >= 11 is 0. The van der Waals surface area contributed by atoms with E-state index >= 15 is 0 Å². The van der Waals surface area contributed by atoms with Crippen LogP contribution in [0.5, 0.6) is 0 Å². The summed E-state index contributed by atoms with van der Waals surface area (Å²) in [4.78, 5) is 38.4.